The molecule has 0 aliphatic carbocycles. The first-order chi connectivity index (χ1) is 6.83. The monoisotopic (exact) mass is 202 g/mol. The lowest BCUT2D eigenvalue weighted by atomic mass is 10.4. The topological polar surface area (TPSA) is 54.0 Å². The average Bonchev–Trinajstić information content (AvgIpc) is 2.58. The van der Waals surface area contributed by atoms with Crippen LogP contribution in [0.15, 0.2) is 12.7 Å². The standard InChI is InChI=1S/C9H14O5/c1-2-3-11-4-5-12-6-8-7-13-9(10)14-8/h2,8H,1,3-7H2. The van der Waals surface area contributed by atoms with Crippen molar-refractivity contribution in [1.29, 1.82) is 0 Å². The van der Waals surface area contributed by atoms with Gasteiger partial charge in [-0.05, 0) is 0 Å². The van der Waals surface area contributed by atoms with E-state index in [1.54, 1.807) is 6.08 Å². The van der Waals surface area contributed by atoms with Crippen molar-refractivity contribution in [2.45, 2.75) is 6.10 Å². The van der Waals surface area contributed by atoms with Crippen molar-refractivity contribution in [3.63, 3.8) is 0 Å². The Kier molecular flexibility index (Phi) is 5.03. The van der Waals surface area contributed by atoms with Gasteiger partial charge in [0.2, 0.25) is 0 Å². The molecule has 0 N–H and O–H groups in total. The van der Waals surface area contributed by atoms with Crippen LogP contribution in [-0.4, -0.2) is 45.3 Å². The van der Waals surface area contributed by atoms with Crippen LogP contribution in [-0.2, 0) is 18.9 Å². The van der Waals surface area contributed by atoms with Gasteiger partial charge < -0.3 is 18.9 Å². The van der Waals surface area contributed by atoms with Crippen LogP contribution < -0.4 is 0 Å². The van der Waals surface area contributed by atoms with Gasteiger partial charge in [-0.1, -0.05) is 6.08 Å². The van der Waals surface area contributed by atoms with Gasteiger partial charge in [0, 0.05) is 0 Å². The molecule has 5 nitrogen and oxygen atoms in total. The van der Waals surface area contributed by atoms with Crippen LogP contribution in [0.25, 0.3) is 0 Å². The molecule has 1 atom stereocenters. The normalized spacial score (nSPS) is 20.3. The van der Waals surface area contributed by atoms with E-state index in [0.29, 0.717) is 26.4 Å². The first kappa shape index (κ1) is 11.0. The highest BCUT2D eigenvalue weighted by atomic mass is 16.8. The Morgan fingerprint density at radius 3 is 2.93 bits per heavy atom. The molecule has 80 valence electrons. The highest BCUT2D eigenvalue weighted by Crippen LogP contribution is 2.05. The maximum Gasteiger partial charge on any atom is 0.508 e. The van der Waals surface area contributed by atoms with E-state index in [-0.39, 0.29) is 12.7 Å². The molecule has 1 fully saturated rings. The molecule has 1 rings (SSSR count). The van der Waals surface area contributed by atoms with Crippen molar-refractivity contribution in [1.82, 2.24) is 0 Å². The first-order valence-corrected chi connectivity index (χ1v) is 4.42. The van der Waals surface area contributed by atoms with Crippen molar-refractivity contribution in [2.24, 2.45) is 0 Å². The van der Waals surface area contributed by atoms with Crippen LogP contribution >= 0.6 is 0 Å². The van der Waals surface area contributed by atoms with Gasteiger partial charge in [-0.2, -0.15) is 0 Å². The maximum atomic E-state index is 10.5. The number of ether oxygens (including phenoxy) is 4. The Labute approximate surface area is 82.6 Å². The van der Waals surface area contributed by atoms with Crippen LogP contribution in [0.1, 0.15) is 0 Å². The molecule has 0 radical (unpaired) electrons. The SMILES string of the molecule is C=CCOCCOCC1COC(=O)O1. The molecule has 0 bridgehead atoms. The highest BCUT2D eigenvalue weighted by Gasteiger charge is 2.24. The Morgan fingerprint density at radius 2 is 2.29 bits per heavy atom. The van der Waals surface area contributed by atoms with Crippen LogP contribution in [0.2, 0.25) is 0 Å². The molecular formula is C9H14O5. The van der Waals surface area contributed by atoms with E-state index in [4.69, 9.17) is 14.2 Å². The molecule has 0 aromatic carbocycles. The number of hydrogen-bond donors (Lipinski definition) is 0. The summed E-state index contributed by atoms with van der Waals surface area (Å²) in [5.74, 6) is 0. The van der Waals surface area contributed by atoms with Gasteiger partial charge in [0.15, 0.2) is 6.10 Å². The Bertz CT molecular complexity index is 192. The highest BCUT2D eigenvalue weighted by molar-refractivity contribution is 5.61. The van der Waals surface area contributed by atoms with E-state index in [0.717, 1.165) is 0 Å². The summed E-state index contributed by atoms with van der Waals surface area (Å²) in [6.45, 7) is 5.63. The van der Waals surface area contributed by atoms with E-state index in [1.807, 2.05) is 0 Å². The summed E-state index contributed by atoms with van der Waals surface area (Å²) in [4.78, 5) is 10.5. The Morgan fingerprint density at radius 1 is 1.50 bits per heavy atom. The average molecular weight is 202 g/mol. The molecule has 14 heavy (non-hydrogen) atoms. The lowest BCUT2D eigenvalue weighted by molar-refractivity contribution is 0.0161. The zero-order chi connectivity index (χ0) is 10.2. The Hall–Kier alpha value is -1.07. The van der Waals surface area contributed by atoms with Gasteiger partial charge in [0.25, 0.3) is 0 Å². The number of hydrogen-bond acceptors (Lipinski definition) is 5. The summed E-state index contributed by atoms with van der Waals surface area (Å²) in [5, 5.41) is 0. The lowest BCUT2D eigenvalue weighted by Gasteiger charge is -2.07. The lowest BCUT2D eigenvalue weighted by Crippen LogP contribution is -2.19. The zero-order valence-corrected chi connectivity index (χ0v) is 7.94. The molecule has 0 aromatic rings. The fourth-order valence-electron chi connectivity index (χ4n) is 0.947. The molecule has 0 aromatic heterocycles. The molecule has 0 saturated carbocycles. The van der Waals surface area contributed by atoms with E-state index >= 15 is 0 Å². The maximum absolute atomic E-state index is 10.5. The summed E-state index contributed by atoms with van der Waals surface area (Å²) in [6, 6.07) is 0. The minimum absolute atomic E-state index is 0.270. The third-order valence-corrected chi connectivity index (χ3v) is 1.56. The fourth-order valence-corrected chi connectivity index (χ4v) is 0.947. The minimum atomic E-state index is -0.624. The minimum Gasteiger partial charge on any atom is -0.430 e. The van der Waals surface area contributed by atoms with E-state index in [2.05, 4.69) is 11.3 Å². The zero-order valence-electron chi connectivity index (χ0n) is 7.94. The van der Waals surface area contributed by atoms with Crippen molar-refractivity contribution in [3.8, 4) is 0 Å². The second-order valence-corrected chi connectivity index (χ2v) is 2.74. The van der Waals surface area contributed by atoms with Gasteiger partial charge in [-0.15, -0.1) is 6.58 Å². The molecule has 0 amide bonds. The second-order valence-electron chi connectivity index (χ2n) is 2.74. The first-order valence-electron chi connectivity index (χ1n) is 4.42. The summed E-state index contributed by atoms with van der Waals surface area (Å²) in [6.07, 6.45) is 0.774. The van der Waals surface area contributed by atoms with Gasteiger partial charge in [0.1, 0.15) is 6.61 Å². The van der Waals surface area contributed by atoms with Crippen molar-refractivity contribution < 1.29 is 23.7 Å². The Balaban J connectivity index is 1.89. The molecule has 1 saturated heterocycles. The predicted octanol–water partition coefficient (Wildman–Crippen LogP) is 0.741. The molecule has 1 aliphatic rings. The van der Waals surface area contributed by atoms with Crippen LogP contribution in [0.5, 0.6) is 0 Å². The quantitative estimate of drug-likeness (QED) is 0.346. The van der Waals surface area contributed by atoms with Crippen molar-refractivity contribution in [2.75, 3.05) is 33.0 Å². The van der Waals surface area contributed by atoms with Crippen molar-refractivity contribution >= 4 is 6.16 Å². The molecule has 1 unspecified atom stereocenters. The van der Waals surface area contributed by atoms with E-state index in [9.17, 15) is 4.79 Å². The van der Waals surface area contributed by atoms with E-state index < -0.39 is 6.16 Å². The van der Waals surface area contributed by atoms with Gasteiger partial charge in [-0.3, -0.25) is 0 Å². The van der Waals surface area contributed by atoms with Crippen LogP contribution in [0.3, 0.4) is 0 Å². The summed E-state index contributed by atoms with van der Waals surface area (Å²) < 4.78 is 19.6. The largest absolute Gasteiger partial charge is 0.508 e. The summed E-state index contributed by atoms with van der Waals surface area (Å²) >= 11 is 0. The molecule has 5 heteroatoms. The smallest absolute Gasteiger partial charge is 0.430 e. The predicted molar refractivity (Wildman–Crippen MR) is 48.1 cm³/mol. The third kappa shape index (κ3) is 4.25. The van der Waals surface area contributed by atoms with Gasteiger partial charge >= 0.3 is 6.16 Å². The van der Waals surface area contributed by atoms with Crippen LogP contribution in [0, 0.1) is 0 Å². The number of carbonyl (C=O) groups excluding carboxylic acids is 1. The molecular weight excluding hydrogens is 188 g/mol. The third-order valence-electron chi connectivity index (χ3n) is 1.56. The van der Waals surface area contributed by atoms with Crippen LogP contribution in [0.4, 0.5) is 4.79 Å². The van der Waals surface area contributed by atoms with Crippen molar-refractivity contribution in [3.05, 3.63) is 12.7 Å². The molecule has 0 spiro atoms. The molecule has 1 aliphatic heterocycles. The summed E-state index contributed by atoms with van der Waals surface area (Å²) in [7, 11) is 0. The van der Waals surface area contributed by atoms with Gasteiger partial charge in [-0.25, -0.2) is 4.79 Å². The van der Waals surface area contributed by atoms with E-state index in [1.165, 1.54) is 0 Å². The number of carbonyl (C=O) groups is 1. The van der Waals surface area contributed by atoms with Gasteiger partial charge in [0.05, 0.1) is 26.4 Å². The fraction of sp³-hybridized carbons (Fsp3) is 0.667. The number of cyclic esters (lactones) is 2. The summed E-state index contributed by atoms with van der Waals surface area (Å²) in [5.41, 5.74) is 0. The second kappa shape index (κ2) is 6.39. The molecule has 1 heterocycles. The number of rotatable bonds is 7.